The summed E-state index contributed by atoms with van der Waals surface area (Å²) in [5.41, 5.74) is 8.49. The lowest BCUT2D eigenvalue weighted by molar-refractivity contribution is -0.0394. The lowest BCUT2D eigenvalue weighted by atomic mass is 9.79. The molecule has 4 N–H and O–H groups in total. The lowest BCUT2D eigenvalue weighted by Crippen LogP contribution is -2.60. The first-order valence-corrected chi connectivity index (χ1v) is 12.6. The minimum absolute atomic E-state index is 0.0176. The van der Waals surface area contributed by atoms with Crippen molar-refractivity contribution >= 4 is 11.5 Å². The highest BCUT2D eigenvalue weighted by Crippen LogP contribution is 2.32. The van der Waals surface area contributed by atoms with E-state index in [-0.39, 0.29) is 29.0 Å². The second kappa shape index (κ2) is 9.40. The predicted molar refractivity (Wildman–Crippen MR) is 138 cm³/mol. The Morgan fingerprint density at radius 2 is 1.86 bits per heavy atom. The Hall–Kier alpha value is -3.11. The molecular weight excluding hydrogens is 459 g/mol. The standard InChI is InChI=1S/C26H35FN8O/c1-25(2)11-18(12-26(3,4)34-25)31-24-20(28)10-21(32-33-24)23-19(27)9-16(13-29-23)17-14-30-35(15-17)22-7-5-6-8-36-22/h9-10,13-15,18,22,34H,5-8,11-12H2,1-4H3,(H2,28,32)(H,31,33). The zero-order chi connectivity index (χ0) is 25.5. The normalized spacial score (nSPS) is 21.9. The van der Waals surface area contributed by atoms with Crippen LogP contribution < -0.4 is 16.4 Å². The van der Waals surface area contributed by atoms with E-state index in [9.17, 15) is 0 Å². The van der Waals surface area contributed by atoms with Gasteiger partial charge in [-0.25, -0.2) is 9.07 Å². The molecule has 3 aromatic rings. The molecule has 9 nitrogen and oxygen atoms in total. The van der Waals surface area contributed by atoms with E-state index in [1.54, 1.807) is 23.1 Å². The first kappa shape index (κ1) is 24.6. The van der Waals surface area contributed by atoms with Crippen LogP contribution in [0.1, 0.15) is 66.0 Å². The fourth-order valence-electron chi connectivity index (χ4n) is 5.61. The average Bonchev–Trinajstić information content (AvgIpc) is 3.29. The molecule has 2 aliphatic heterocycles. The van der Waals surface area contributed by atoms with Crippen molar-refractivity contribution in [1.82, 2.24) is 30.3 Å². The van der Waals surface area contributed by atoms with Crippen molar-refractivity contribution in [2.24, 2.45) is 0 Å². The van der Waals surface area contributed by atoms with Gasteiger partial charge in [0.15, 0.2) is 11.6 Å². The van der Waals surface area contributed by atoms with Crippen LogP contribution in [0.4, 0.5) is 15.9 Å². The lowest BCUT2D eigenvalue weighted by Gasteiger charge is -2.46. The van der Waals surface area contributed by atoms with Crippen LogP contribution in [-0.4, -0.2) is 48.7 Å². The number of halogens is 1. The Morgan fingerprint density at radius 1 is 1.08 bits per heavy atom. The van der Waals surface area contributed by atoms with E-state index in [2.05, 4.69) is 58.6 Å². The summed E-state index contributed by atoms with van der Waals surface area (Å²) < 4.78 is 22.7. The first-order valence-electron chi connectivity index (χ1n) is 12.6. The molecule has 1 atom stereocenters. The van der Waals surface area contributed by atoms with Gasteiger partial charge in [-0.2, -0.15) is 5.10 Å². The Morgan fingerprint density at radius 3 is 2.53 bits per heavy atom. The molecule has 0 aromatic carbocycles. The Labute approximate surface area is 211 Å². The number of nitrogens with one attached hydrogen (secondary N) is 2. The van der Waals surface area contributed by atoms with Crippen LogP contribution in [-0.2, 0) is 4.74 Å². The van der Waals surface area contributed by atoms with Crippen LogP contribution in [0, 0.1) is 5.82 Å². The number of anilines is 2. The second-order valence-electron chi connectivity index (χ2n) is 11.3. The fraction of sp³-hybridized carbons (Fsp3) is 0.538. The minimum atomic E-state index is -0.495. The number of hydrogen-bond donors (Lipinski definition) is 3. The summed E-state index contributed by atoms with van der Waals surface area (Å²) in [7, 11) is 0. The minimum Gasteiger partial charge on any atom is -0.396 e. The van der Waals surface area contributed by atoms with Gasteiger partial charge < -0.3 is 21.1 Å². The average molecular weight is 495 g/mol. The summed E-state index contributed by atoms with van der Waals surface area (Å²) in [6.45, 7) is 9.49. The number of rotatable bonds is 5. The summed E-state index contributed by atoms with van der Waals surface area (Å²) >= 11 is 0. The predicted octanol–water partition coefficient (Wildman–Crippen LogP) is 4.54. The smallest absolute Gasteiger partial charge is 0.172 e. The maximum absolute atomic E-state index is 15.1. The van der Waals surface area contributed by atoms with Gasteiger partial charge in [-0.05, 0) is 71.9 Å². The largest absolute Gasteiger partial charge is 0.396 e. The maximum atomic E-state index is 15.1. The van der Waals surface area contributed by atoms with Crippen LogP contribution in [0.2, 0.25) is 0 Å². The molecule has 0 spiro atoms. The number of aromatic nitrogens is 5. The summed E-state index contributed by atoms with van der Waals surface area (Å²) in [4.78, 5) is 4.34. The van der Waals surface area contributed by atoms with E-state index in [0.717, 1.165) is 44.3 Å². The zero-order valence-electron chi connectivity index (χ0n) is 21.4. The van der Waals surface area contributed by atoms with Crippen molar-refractivity contribution in [1.29, 1.82) is 0 Å². The fourth-order valence-corrected chi connectivity index (χ4v) is 5.61. The molecule has 192 valence electrons. The monoisotopic (exact) mass is 494 g/mol. The summed E-state index contributed by atoms with van der Waals surface area (Å²) in [6, 6.07) is 3.25. The zero-order valence-corrected chi connectivity index (χ0v) is 21.4. The van der Waals surface area contributed by atoms with Gasteiger partial charge in [-0.15, -0.1) is 10.2 Å². The molecule has 2 aliphatic rings. The quantitative estimate of drug-likeness (QED) is 0.473. The number of piperidine rings is 1. The van der Waals surface area contributed by atoms with Gasteiger partial charge >= 0.3 is 0 Å². The van der Waals surface area contributed by atoms with E-state index in [4.69, 9.17) is 10.5 Å². The molecule has 2 fully saturated rings. The highest BCUT2D eigenvalue weighted by molar-refractivity contribution is 5.70. The van der Waals surface area contributed by atoms with E-state index in [1.807, 2.05) is 6.20 Å². The molecule has 2 saturated heterocycles. The molecule has 0 saturated carbocycles. The van der Waals surface area contributed by atoms with E-state index >= 15 is 4.39 Å². The highest BCUT2D eigenvalue weighted by Gasteiger charge is 2.38. The molecule has 5 rings (SSSR count). The van der Waals surface area contributed by atoms with Crippen LogP contribution in [0.15, 0.2) is 30.7 Å². The van der Waals surface area contributed by atoms with Gasteiger partial charge in [0.1, 0.15) is 17.6 Å². The SMILES string of the molecule is CC1(C)CC(Nc2nnc(-c3ncc(-c4cnn(C5CCCCO5)c4)cc3F)cc2N)CC(C)(C)N1. The van der Waals surface area contributed by atoms with Gasteiger partial charge in [0.05, 0.1) is 11.9 Å². The molecule has 36 heavy (non-hydrogen) atoms. The molecule has 5 heterocycles. The van der Waals surface area contributed by atoms with Crippen molar-refractivity contribution in [2.45, 2.75) is 83.1 Å². The van der Waals surface area contributed by atoms with Crippen LogP contribution in [0.5, 0.6) is 0 Å². The number of hydrogen-bond acceptors (Lipinski definition) is 8. The number of ether oxygens (including phenoxy) is 1. The maximum Gasteiger partial charge on any atom is 0.172 e. The Balaban J connectivity index is 1.32. The van der Waals surface area contributed by atoms with Crippen molar-refractivity contribution in [3.63, 3.8) is 0 Å². The van der Waals surface area contributed by atoms with Gasteiger partial charge in [-0.3, -0.25) is 4.98 Å². The van der Waals surface area contributed by atoms with Crippen molar-refractivity contribution in [2.75, 3.05) is 17.7 Å². The summed E-state index contributed by atoms with van der Waals surface area (Å²) in [5, 5.41) is 20.0. The van der Waals surface area contributed by atoms with Crippen LogP contribution >= 0.6 is 0 Å². The van der Waals surface area contributed by atoms with Crippen molar-refractivity contribution in [3.8, 4) is 22.5 Å². The van der Waals surface area contributed by atoms with Crippen LogP contribution in [0.3, 0.4) is 0 Å². The van der Waals surface area contributed by atoms with Crippen molar-refractivity contribution in [3.05, 3.63) is 36.5 Å². The summed E-state index contributed by atoms with van der Waals surface area (Å²) in [5.74, 6) is 0.0112. The summed E-state index contributed by atoms with van der Waals surface area (Å²) in [6.07, 6.45) is 10.0. The topological polar surface area (TPSA) is 116 Å². The molecular formula is C26H35FN8O. The molecule has 10 heteroatoms. The molecule has 0 radical (unpaired) electrons. The number of nitrogens with two attached hydrogens (primary N) is 1. The van der Waals surface area contributed by atoms with Gasteiger partial charge in [0.2, 0.25) is 0 Å². The third-order valence-corrected chi connectivity index (χ3v) is 6.82. The molecule has 1 unspecified atom stereocenters. The molecule has 0 bridgehead atoms. The van der Waals surface area contributed by atoms with E-state index in [0.29, 0.717) is 22.8 Å². The highest BCUT2D eigenvalue weighted by atomic mass is 19.1. The molecule has 0 amide bonds. The number of nitrogens with zero attached hydrogens (tertiary/aromatic N) is 5. The third-order valence-electron chi connectivity index (χ3n) is 6.82. The Kier molecular flexibility index (Phi) is 6.42. The van der Waals surface area contributed by atoms with E-state index < -0.39 is 5.82 Å². The van der Waals surface area contributed by atoms with Crippen molar-refractivity contribution < 1.29 is 9.13 Å². The van der Waals surface area contributed by atoms with E-state index in [1.165, 1.54) is 6.07 Å². The second-order valence-corrected chi connectivity index (χ2v) is 11.3. The molecule has 3 aromatic heterocycles. The third kappa shape index (κ3) is 5.34. The van der Waals surface area contributed by atoms with Gasteiger partial charge in [0.25, 0.3) is 0 Å². The first-order chi connectivity index (χ1) is 17.1. The molecule has 0 aliphatic carbocycles. The number of nitrogen functional groups attached to an aromatic ring is 1. The Bertz CT molecular complexity index is 1220. The van der Waals surface area contributed by atoms with Gasteiger partial charge in [-0.1, -0.05) is 0 Å². The number of pyridine rings is 1. The van der Waals surface area contributed by atoms with Gasteiger partial charge in [0, 0.05) is 47.2 Å². The van der Waals surface area contributed by atoms with Crippen LogP contribution in [0.25, 0.3) is 22.5 Å².